The van der Waals surface area contributed by atoms with Crippen LogP contribution in [0.25, 0.3) is 0 Å². The van der Waals surface area contributed by atoms with Crippen molar-refractivity contribution < 1.29 is 4.74 Å². The second-order valence-electron chi connectivity index (χ2n) is 4.21. The van der Waals surface area contributed by atoms with E-state index in [0.717, 1.165) is 19.8 Å². The van der Waals surface area contributed by atoms with E-state index < -0.39 is 0 Å². The highest BCUT2D eigenvalue weighted by atomic mass is 16.5. The van der Waals surface area contributed by atoms with Crippen LogP contribution in [0.4, 0.5) is 0 Å². The summed E-state index contributed by atoms with van der Waals surface area (Å²) in [7, 11) is 0. The van der Waals surface area contributed by atoms with Crippen molar-refractivity contribution in [2.75, 3.05) is 39.4 Å². The predicted octanol–water partition coefficient (Wildman–Crippen LogP) is 1.49. The van der Waals surface area contributed by atoms with Gasteiger partial charge in [-0.25, -0.2) is 0 Å². The minimum absolute atomic E-state index is 0.710. The summed E-state index contributed by atoms with van der Waals surface area (Å²) in [5.41, 5.74) is 0. The Morgan fingerprint density at radius 3 is 2.87 bits per heavy atom. The Kier molecular flexibility index (Phi) is 6.98. The molecule has 0 amide bonds. The van der Waals surface area contributed by atoms with Crippen molar-refractivity contribution in [2.24, 2.45) is 0 Å². The van der Waals surface area contributed by atoms with E-state index in [2.05, 4.69) is 17.1 Å². The smallest absolute Gasteiger partial charge is 0.0590 e. The third-order valence-electron chi connectivity index (χ3n) is 3.15. The van der Waals surface area contributed by atoms with Crippen LogP contribution in [-0.2, 0) is 4.74 Å². The molecule has 3 heteroatoms. The van der Waals surface area contributed by atoms with Crippen LogP contribution in [0, 0.1) is 0 Å². The summed E-state index contributed by atoms with van der Waals surface area (Å²) in [6.07, 6.45) is 3.95. The molecule has 1 aliphatic rings. The number of likely N-dealkylation sites (tertiary alicyclic amines) is 1. The fourth-order valence-corrected chi connectivity index (χ4v) is 2.16. The molecule has 0 aromatic rings. The van der Waals surface area contributed by atoms with Gasteiger partial charge in [-0.1, -0.05) is 6.92 Å². The molecule has 0 spiro atoms. The molecule has 1 aliphatic heterocycles. The first-order valence-electron chi connectivity index (χ1n) is 6.40. The molecular formula is C12H26N2O. The van der Waals surface area contributed by atoms with E-state index in [4.69, 9.17) is 4.74 Å². The van der Waals surface area contributed by atoms with Crippen molar-refractivity contribution in [1.29, 1.82) is 0 Å². The lowest BCUT2D eigenvalue weighted by Gasteiger charge is -2.18. The SMILES string of the molecule is CCOCCNC1CCCN(CC)CC1. The Bertz CT molecular complexity index is 153. The van der Waals surface area contributed by atoms with E-state index >= 15 is 0 Å². The monoisotopic (exact) mass is 214 g/mol. The lowest BCUT2D eigenvalue weighted by molar-refractivity contribution is 0.146. The van der Waals surface area contributed by atoms with Crippen LogP contribution >= 0.6 is 0 Å². The molecule has 1 rings (SSSR count). The van der Waals surface area contributed by atoms with Crippen LogP contribution in [0.2, 0.25) is 0 Å². The molecule has 1 atom stereocenters. The molecule has 1 heterocycles. The zero-order chi connectivity index (χ0) is 10.9. The first-order chi connectivity index (χ1) is 7.36. The molecule has 0 bridgehead atoms. The highest BCUT2D eigenvalue weighted by Gasteiger charge is 2.14. The van der Waals surface area contributed by atoms with Gasteiger partial charge >= 0.3 is 0 Å². The number of rotatable bonds is 6. The molecule has 0 aromatic heterocycles. The van der Waals surface area contributed by atoms with Gasteiger partial charge in [0.05, 0.1) is 6.61 Å². The Morgan fingerprint density at radius 2 is 2.13 bits per heavy atom. The zero-order valence-corrected chi connectivity index (χ0v) is 10.3. The van der Waals surface area contributed by atoms with Crippen molar-refractivity contribution in [3.63, 3.8) is 0 Å². The summed E-state index contributed by atoms with van der Waals surface area (Å²) in [6.45, 7) is 10.7. The molecule has 1 N–H and O–H groups in total. The quantitative estimate of drug-likeness (QED) is 0.678. The molecule has 0 aromatic carbocycles. The summed E-state index contributed by atoms with van der Waals surface area (Å²) in [5.74, 6) is 0. The van der Waals surface area contributed by atoms with Gasteiger partial charge in [0.15, 0.2) is 0 Å². The van der Waals surface area contributed by atoms with E-state index in [9.17, 15) is 0 Å². The summed E-state index contributed by atoms with van der Waals surface area (Å²) in [4.78, 5) is 2.55. The normalized spacial score (nSPS) is 24.0. The Balaban J connectivity index is 2.08. The second-order valence-corrected chi connectivity index (χ2v) is 4.21. The average molecular weight is 214 g/mol. The molecule has 1 fully saturated rings. The van der Waals surface area contributed by atoms with Crippen LogP contribution in [0.15, 0.2) is 0 Å². The minimum Gasteiger partial charge on any atom is -0.380 e. The van der Waals surface area contributed by atoms with Crippen molar-refractivity contribution in [1.82, 2.24) is 10.2 Å². The van der Waals surface area contributed by atoms with Crippen molar-refractivity contribution in [3.05, 3.63) is 0 Å². The molecule has 15 heavy (non-hydrogen) atoms. The fourth-order valence-electron chi connectivity index (χ4n) is 2.16. The highest BCUT2D eigenvalue weighted by Crippen LogP contribution is 2.10. The molecule has 1 unspecified atom stereocenters. The fraction of sp³-hybridized carbons (Fsp3) is 1.00. The van der Waals surface area contributed by atoms with Gasteiger partial charge in [-0.05, 0) is 45.8 Å². The molecular weight excluding hydrogens is 188 g/mol. The first kappa shape index (κ1) is 12.9. The van der Waals surface area contributed by atoms with Gasteiger partial charge in [0.1, 0.15) is 0 Å². The average Bonchev–Trinajstić information content (AvgIpc) is 2.49. The number of hydrogen-bond donors (Lipinski definition) is 1. The van der Waals surface area contributed by atoms with E-state index in [1.807, 2.05) is 6.92 Å². The van der Waals surface area contributed by atoms with Crippen LogP contribution < -0.4 is 5.32 Å². The summed E-state index contributed by atoms with van der Waals surface area (Å²) in [6, 6.07) is 0.710. The summed E-state index contributed by atoms with van der Waals surface area (Å²) in [5, 5.41) is 3.59. The van der Waals surface area contributed by atoms with E-state index in [1.165, 1.54) is 38.9 Å². The van der Waals surface area contributed by atoms with E-state index in [-0.39, 0.29) is 0 Å². The van der Waals surface area contributed by atoms with Crippen LogP contribution in [0.3, 0.4) is 0 Å². The maximum atomic E-state index is 5.33. The predicted molar refractivity (Wildman–Crippen MR) is 64.2 cm³/mol. The number of ether oxygens (including phenoxy) is 1. The Morgan fingerprint density at radius 1 is 1.27 bits per heavy atom. The molecule has 0 radical (unpaired) electrons. The van der Waals surface area contributed by atoms with Gasteiger partial charge in [0.2, 0.25) is 0 Å². The third kappa shape index (κ3) is 5.50. The van der Waals surface area contributed by atoms with E-state index in [1.54, 1.807) is 0 Å². The lowest BCUT2D eigenvalue weighted by atomic mass is 10.1. The Hall–Kier alpha value is -0.120. The van der Waals surface area contributed by atoms with Crippen LogP contribution in [0.5, 0.6) is 0 Å². The maximum absolute atomic E-state index is 5.33. The second kappa shape index (κ2) is 8.08. The third-order valence-corrected chi connectivity index (χ3v) is 3.15. The van der Waals surface area contributed by atoms with Gasteiger partial charge in [-0.2, -0.15) is 0 Å². The first-order valence-corrected chi connectivity index (χ1v) is 6.40. The zero-order valence-electron chi connectivity index (χ0n) is 10.3. The maximum Gasteiger partial charge on any atom is 0.0590 e. The van der Waals surface area contributed by atoms with E-state index in [0.29, 0.717) is 6.04 Å². The number of hydrogen-bond acceptors (Lipinski definition) is 3. The molecule has 0 aliphatic carbocycles. The summed E-state index contributed by atoms with van der Waals surface area (Å²) >= 11 is 0. The van der Waals surface area contributed by atoms with Crippen molar-refractivity contribution >= 4 is 0 Å². The van der Waals surface area contributed by atoms with Crippen molar-refractivity contribution in [3.8, 4) is 0 Å². The topological polar surface area (TPSA) is 24.5 Å². The van der Waals surface area contributed by atoms with Crippen LogP contribution in [-0.4, -0.2) is 50.3 Å². The minimum atomic E-state index is 0.710. The molecule has 3 nitrogen and oxygen atoms in total. The molecule has 90 valence electrons. The van der Waals surface area contributed by atoms with Gasteiger partial charge in [0.25, 0.3) is 0 Å². The number of nitrogens with zero attached hydrogens (tertiary/aromatic N) is 1. The molecule has 0 saturated carbocycles. The largest absolute Gasteiger partial charge is 0.380 e. The van der Waals surface area contributed by atoms with Gasteiger partial charge in [-0.3, -0.25) is 0 Å². The van der Waals surface area contributed by atoms with Crippen LogP contribution in [0.1, 0.15) is 33.1 Å². The Labute approximate surface area is 94.2 Å². The van der Waals surface area contributed by atoms with Gasteiger partial charge in [-0.15, -0.1) is 0 Å². The van der Waals surface area contributed by atoms with Gasteiger partial charge in [0, 0.05) is 19.2 Å². The standard InChI is InChI=1S/C12H26N2O/c1-3-14-9-5-6-12(7-10-14)13-8-11-15-4-2/h12-13H,3-11H2,1-2H3. The number of nitrogens with one attached hydrogen (secondary N) is 1. The molecule has 1 saturated heterocycles. The lowest BCUT2D eigenvalue weighted by Crippen LogP contribution is -2.33. The summed E-state index contributed by atoms with van der Waals surface area (Å²) < 4.78 is 5.33. The highest BCUT2D eigenvalue weighted by molar-refractivity contribution is 4.74. The van der Waals surface area contributed by atoms with Crippen molar-refractivity contribution in [2.45, 2.75) is 39.2 Å². The van der Waals surface area contributed by atoms with Gasteiger partial charge < -0.3 is 15.0 Å².